The quantitative estimate of drug-likeness (QED) is 0.219. The molecule has 3 aliphatic carbocycles. The average molecular weight is 653 g/mol. The van der Waals surface area contributed by atoms with E-state index in [0.29, 0.717) is 32.2 Å². The molecule has 0 aromatic carbocycles. The number of carbonyl (C=O) groups excluding carboxylic acids is 5. The fourth-order valence-corrected chi connectivity index (χ4v) is 9.16. The van der Waals surface area contributed by atoms with Crippen LogP contribution in [0.5, 0.6) is 0 Å². The molecule has 0 bridgehead atoms. The van der Waals surface area contributed by atoms with E-state index >= 15 is 0 Å². The van der Waals surface area contributed by atoms with Crippen LogP contribution in [0.2, 0.25) is 0 Å². The highest BCUT2D eigenvalue weighted by molar-refractivity contribution is 7.89. The number of carbonyl (C=O) groups is 5. The van der Waals surface area contributed by atoms with E-state index in [1.54, 1.807) is 4.31 Å². The zero-order valence-electron chi connectivity index (χ0n) is 27.4. The second-order valence-corrected chi connectivity index (χ2v) is 16.6. The third-order valence-electron chi connectivity index (χ3n) is 9.20. The fourth-order valence-electron chi connectivity index (χ4n) is 6.64. The summed E-state index contributed by atoms with van der Waals surface area (Å²) in [7, 11) is -3.66. The van der Waals surface area contributed by atoms with Gasteiger partial charge in [0.1, 0.15) is 12.1 Å². The monoisotopic (exact) mass is 652 g/mol. The van der Waals surface area contributed by atoms with Crippen LogP contribution in [0.25, 0.3) is 0 Å². The van der Waals surface area contributed by atoms with Crippen LogP contribution in [0.1, 0.15) is 105 Å². The number of rotatable bonds is 13. The summed E-state index contributed by atoms with van der Waals surface area (Å²) in [5, 5.41) is 11.0. The third kappa shape index (κ3) is 9.17. The maximum absolute atomic E-state index is 13.9. The first-order valence-corrected chi connectivity index (χ1v) is 18.2. The number of urea groups is 1. The molecule has 13 nitrogen and oxygen atoms in total. The summed E-state index contributed by atoms with van der Waals surface area (Å²) in [5.74, 6) is -2.62. The standard InChI is InChI=1S/C31H52N6O7S/c1-20(2)37(22-13-14-22)45(43,44)19-31(15-7-6-8-16-31)35-29(42)34-25(30(3,4)5)28(41)36-17-9-10-23(36)26(39)32-18-24(38)27(40)33-21-11-12-21/h20-23,25H,6-19H2,1-5H3,(H,32,39)(H,33,40)(H2,34,35,42)/t23-,25+/m0/s1. The smallest absolute Gasteiger partial charge is 0.315 e. The van der Waals surface area contributed by atoms with Gasteiger partial charge in [-0.3, -0.25) is 19.2 Å². The van der Waals surface area contributed by atoms with Gasteiger partial charge in [0.15, 0.2) is 0 Å². The lowest BCUT2D eigenvalue weighted by molar-refractivity contribution is -0.142. The molecule has 0 unspecified atom stereocenters. The Balaban J connectivity index is 1.42. The Morgan fingerprint density at radius 2 is 1.58 bits per heavy atom. The fraction of sp³-hybridized carbons (Fsp3) is 0.839. The Morgan fingerprint density at radius 1 is 0.933 bits per heavy atom. The minimum atomic E-state index is -3.66. The number of Topliss-reactive ketones (excluding diaryl/α,β-unsaturated/α-hetero) is 1. The van der Waals surface area contributed by atoms with Crippen LogP contribution in [-0.4, -0.2) is 102 Å². The van der Waals surface area contributed by atoms with Gasteiger partial charge in [0, 0.05) is 24.7 Å². The van der Waals surface area contributed by atoms with Gasteiger partial charge in [-0.1, -0.05) is 40.0 Å². The molecule has 0 spiro atoms. The molecule has 4 rings (SSSR count). The van der Waals surface area contributed by atoms with Crippen molar-refractivity contribution in [1.82, 2.24) is 30.5 Å². The van der Waals surface area contributed by atoms with Gasteiger partial charge in [-0.2, -0.15) is 4.31 Å². The first kappa shape index (κ1) is 35.1. The van der Waals surface area contributed by atoms with E-state index in [-0.39, 0.29) is 23.9 Å². The number of hydrogen-bond donors (Lipinski definition) is 4. The van der Waals surface area contributed by atoms with Gasteiger partial charge < -0.3 is 26.2 Å². The number of sulfonamides is 1. The van der Waals surface area contributed by atoms with Gasteiger partial charge in [-0.25, -0.2) is 13.2 Å². The highest BCUT2D eigenvalue weighted by Crippen LogP contribution is 2.36. The van der Waals surface area contributed by atoms with Crippen molar-refractivity contribution in [2.24, 2.45) is 5.41 Å². The molecule has 0 aromatic rings. The number of amides is 5. The Labute approximate surface area is 267 Å². The first-order valence-electron chi connectivity index (χ1n) is 16.5. The van der Waals surface area contributed by atoms with E-state index in [1.165, 1.54) is 4.90 Å². The first-order chi connectivity index (χ1) is 21.0. The van der Waals surface area contributed by atoms with E-state index < -0.39 is 69.1 Å². The third-order valence-corrected chi connectivity index (χ3v) is 11.5. The van der Waals surface area contributed by atoms with Crippen molar-refractivity contribution < 1.29 is 32.4 Å². The number of nitrogens with one attached hydrogen (secondary N) is 4. The molecule has 0 radical (unpaired) electrons. The van der Waals surface area contributed by atoms with Crippen LogP contribution < -0.4 is 21.3 Å². The van der Waals surface area contributed by atoms with Crippen LogP contribution in [0.3, 0.4) is 0 Å². The Morgan fingerprint density at radius 3 is 2.13 bits per heavy atom. The molecule has 4 N–H and O–H groups in total. The summed E-state index contributed by atoms with van der Waals surface area (Å²) >= 11 is 0. The van der Waals surface area contributed by atoms with E-state index in [1.807, 2.05) is 34.6 Å². The molecule has 1 heterocycles. The maximum atomic E-state index is 13.9. The summed E-state index contributed by atoms with van der Waals surface area (Å²) in [5.41, 5.74) is -1.69. The molecule has 0 aromatic heterocycles. The molecule has 3 saturated carbocycles. The lowest BCUT2D eigenvalue weighted by Gasteiger charge is -2.41. The molecule has 45 heavy (non-hydrogen) atoms. The second kappa shape index (κ2) is 13.9. The summed E-state index contributed by atoms with van der Waals surface area (Å²) < 4.78 is 28.9. The lowest BCUT2D eigenvalue weighted by Crippen LogP contribution is -2.63. The van der Waals surface area contributed by atoms with Crippen LogP contribution in [0, 0.1) is 5.41 Å². The van der Waals surface area contributed by atoms with Crippen LogP contribution >= 0.6 is 0 Å². The van der Waals surface area contributed by atoms with Crippen molar-refractivity contribution in [3.05, 3.63) is 0 Å². The Kier molecular flexibility index (Phi) is 10.9. The van der Waals surface area contributed by atoms with E-state index in [0.717, 1.165) is 44.9 Å². The predicted octanol–water partition coefficient (Wildman–Crippen LogP) is 1.56. The van der Waals surface area contributed by atoms with Crippen molar-refractivity contribution in [1.29, 1.82) is 0 Å². The van der Waals surface area contributed by atoms with E-state index in [4.69, 9.17) is 0 Å². The Hall–Kier alpha value is -2.74. The topological polar surface area (TPSA) is 174 Å². The molecule has 254 valence electrons. The molecule has 14 heteroatoms. The lowest BCUT2D eigenvalue weighted by atomic mass is 9.83. The number of ketones is 1. The summed E-state index contributed by atoms with van der Waals surface area (Å²) in [6, 6.07) is -2.61. The van der Waals surface area contributed by atoms with Gasteiger partial charge in [0.25, 0.3) is 5.91 Å². The molecular weight excluding hydrogens is 600 g/mol. The SMILES string of the molecule is CC(C)N(C1CC1)S(=O)(=O)CC1(NC(=O)N[C@H](C(=O)N2CCC[C@H]2C(=O)NCC(=O)C(=O)NC2CC2)C(C)(C)C)CCCCC1. The zero-order valence-corrected chi connectivity index (χ0v) is 28.3. The highest BCUT2D eigenvalue weighted by Gasteiger charge is 2.47. The van der Waals surface area contributed by atoms with Crippen molar-refractivity contribution in [2.75, 3.05) is 18.8 Å². The molecular formula is C31H52N6O7S. The van der Waals surface area contributed by atoms with Crippen molar-refractivity contribution in [3.8, 4) is 0 Å². The minimum Gasteiger partial charge on any atom is -0.347 e. The maximum Gasteiger partial charge on any atom is 0.315 e. The van der Waals surface area contributed by atoms with Crippen LogP contribution in [-0.2, 0) is 29.2 Å². The van der Waals surface area contributed by atoms with Crippen LogP contribution in [0.15, 0.2) is 0 Å². The van der Waals surface area contributed by atoms with Crippen molar-refractivity contribution in [2.45, 2.75) is 141 Å². The number of nitrogens with zero attached hydrogens (tertiary/aromatic N) is 2. The largest absolute Gasteiger partial charge is 0.347 e. The predicted molar refractivity (Wildman–Crippen MR) is 168 cm³/mol. The molecule has 2 atom stereocenters. The number of likely N-dealkylation sites (tertiary alicyclic amines) is 1. The van der Waals surface area contributed by atoms with E-state index in [9.17, 15) is 32.4 Å². The summed E-state index contributed by atoms with van der Waals surface area (Å²) in [4.78, 5) is 66.2. The zero-order chi connectivity index (χ0) is 33.2. The molecule has 5 amide bonds. The second-order valence-electron chi connectivity index (χ2n) is 14.7. The average Bonchev–Trinajstić information content (AvgIpc) is 3.88. The van der Waals surface area contributed by atoms with Gasteiger partial charge in [-0.05, 0) is 70.6 Å². The summed E-state index contributed by atoms with van der Waals surface area (Å²) in [6.45, 7) is 9.04. The minimum absolute atomic E-state index is 0.0102. The Bertz CT molecular complexity index is 1250. The normalized spacial score (nSPS) is 22.6. The van der Waals surface area contributed by atoms with Crippen molar-refractivity contribution in [3.63, 3.8) is 0 Å². The molecule has 4 fully saturated rings. The molecule has 4 aliphatic rings. The number of hydrogen-bond acceptors (Lipinski definition) is 7. The highest BCUT2D eigenvalue weighted by atomic mass is 32.2. The van der Waals surface area contributed by atoms with E-state index in [2.05, 4.69) is 21.3 Å². The van der Waals surface area contributed by atoms with Gasteiger partial charge in [-0.15, -0.1) is 0 Å². The van der Waals surface area contributed by atoms with Crippen LogP contribution in [0.4, 0.5) is 4.79 Å². The van der Waals surface area contributed by atoms with Crippen molar-refractivity contribution >= 4 is 39.6 Å². The van der Waals surface area contributed by atoms with Gasteiger partial charge in [0.05, 0.1) is 17.8 Å². The summed E-state index contributed by atoms with van der Waals surface area (Å²) in [6.07, 6.45) is 7.90. The molecule has 1 aliphatic heterocycles. The van der Waals surface area contributed by atoms with Gasteiger partial charge >= 0.3 is 6.03 Å². The van der Waals surface area contributed by atoms with Gasteiger partial charge in [0.2, 0.25) is 27.6 Å². The molecule has 1 saturated heterocycles.